The number of para-hydroxylation sites is 2. The van der Waals surface area contributed by atoms with Crippen molar-refractivity contribution in [3.05, 3.63) is 230 Å². The Morgan fingerprint density at radius 3 is 1.59 bits per heavy atom. The van der Waals surface area contributed by atoms with Gasteiger partial charge in [-0.1, -0.05) is 141 Å². The Kier molecular flexibility index (Phi) is 9.05. The van der Waals surface area contributed by atoms with Gasteiger partial charge in [0, 0.05) is 49.8 Å². The number of hydrogen-bond donors (Lipinski definition) is 0. The van der Waals surface area contributed by atoms with Crippen LogP contribution in [0.2, 0.25) is 0 Å². The first kappa shape index (κ1) is 39.4. The number of oxazole rings is 1. The second-order valence-electron chi connectivity index (χ2n) is 17.9. The Hall–Kier alpha value is -8.94. The Labute approximate surface area is 393 Å². The van der Waals surface area contributed by atoms with E-state index in [9.17, 15) is 0 Å². The van der Waals surface area contributed by atoms with Crippen LogP contribution >= 0.6 is 0 Å². The Bertz CT molecular complexity index is 3800. The summed E-state index contributed by atoms with van der Waals surface area (Å²) in [5, 5.41) is 2.20. The molecule has 3 aromatic heterocycles. The van der Waals surface area contributed by atoms with Crippen molar-refractivity contribution in [1.82, 2.24) is 24.5 Å². The van der Waals surface area contributed by atoms with E-state index in [-0.39, 0.29) is 5.41 Å². The molecule has 4 heterocycles. The number of benzene rings is 9. The summed E-state index contributed by atoms with van der Waals surface area (Å²) >= 11 is 0. The van der Waals surface area contributed by atoms with E-state index in [0.29, 0.717) is 23.4 Å². The predicted molar refractivity (Wildman–Crippen MR) is 276 cm³/mol. The van der Waals surface area contributed by atoms with Gasteiger partial charge in [-0.05, 0) is 113 Å². The SMILES string of the molecule is CC1(C)c2ccccc2N(c2ccccc2)c2ccc(-c3ccc4c(c3)c3ccc5nc(-c6ccccc6)oc5c3n4-c3ccc(-c4nc(-c5ccccc5)nc(-c5ccccc5)n4)cc3)cc21. The highest BCUT2D eigenvalue weighted by atomic mass is 16.3. The van der Waals surface area contributed by atoms with E-state index in [1.54, 1.807) is 0 Å². The first-order chi connectivity index (χ1) is 33.5. The number of nitrogens with zero attached hydrogens (tertiary/aromatic N) is 6. The smallest absolute Gasteiger partial charge is 0.227 e. The first-order valence-corrected chi connectivity index (χ1v) is 23.0. The summed E-state index contributed by atoms with van der Waals surface area (Å²) in [5.41, 5.74) is 16.4. The molecule has 0 saturated carbocycles. The van der Waals surface area contributed by atoms with Gasteiger partial charge in [0.05, 0.1) is 22.4 Å². The average molecular weight is 875 g/mol. The monoisotopic (exact) mass is 874 g/mol. The topological polar surface area (TPSA) is 72.9 Å². The van der Waals surface area contributed by atoms with E-state index in [4.69, 9.17) is 24.4 Å². The second kappa shape index (κ2) is 15.6. The largest absolute Gasteiger partial charge is 0.434 e. The molecule has 0 radical (unpaired) electrons. The average Bonchev–Trinajstić information content (AvgIpc) is 3.99. The number of rotatable bonds is 7. The lowest BCUT2D eigenvalue weighted by atomic mass is 9.73. The highest BCUT2D eigenvalue weighted by molar-refractivity contribution is 6.17. The molecule has 12 aromatic rings. The molecule has 0 aliphatic carbocycles. The molecular formula is C61H42N6O. The Morgan fingerprint density at radius 1 is 0.397 bits per heavy atom. The summed E-state index contributed by atoms with van der Waals surface area (Å²) in [7, 11) is 0. The van der Waals surface area contributed by atoms with Crippen molar-refractivity contribution in [2.75, 3.05) is 4.90 Å². The fourth-order valence-electron chi connectivity index (χ4n) is 10.1. The third kappa shape index (κ3) is 6.43. The maximum Gasteiger partial charge on any atom is 0.227 e. The third-order valence-electron chi connectivity index (χ3n) is 13.5. The number of hydrogen-bond acceptors (Lipinski definition) is 6. The van der Waals surface area contributed by atoms with Crippen LogP contribution in [-0.4, -0.2) is 24.5 Å². The molecule has 9 aromatic carbocycles. The molecule has 0 amide bonds. The molecule has 0 fully saturated rings. The van der Waals surface area contributed by atoms with Gasteiger partial charge in [0.15, 0.2) is 23.1 Å². The zero-order chi connectivity index (χ0) is 45.3. The van der Waals surface area contributed by atoms with Crippen LogP contribution in [0.25, 0.3) is 95.3 Å². The van der Waals surface area contributed by atoms with Crippen LogP contribution < -0.4 is 4.90 Å². The van der Waals surface area contributed by atoms with Crippen LogP contribution in [0.15, 0.2) is 223 Å². The Morgan fingerprint density at radius 2 is 0.926 bits per heavy atom. The van der Waals surface area contributed by atoms with E-state index < -0.39 is 0 Å². The highest BCUT2D eigenvalue weighted by Gasteiger charge is 2.37. The number of anilines is 3. The van der Waals surface area contributed by atoms with Gasteiger partial charge in [0.1, 0.15) is 5.52 Å². The highest BCUT2D eigenvalue weighted by Crippen LogP contribution is 2.53. The maximum atomic E-state index is 6.77. The van der Waals surface area contributed by atoms with Gasteiger partial charge in [-0.2, -0.15) is 0 Å². The third-order valence-corrected chi connectivity index (χ3v) is 13.5. The zero-order valence-corrected chi connectivity index (χ0v) is 37.4. The van der Waals surface area contributed by atoms with Crippen molar-refractivity contribution in [3.8, 4) is 62.4 Å². The van der Waals surface area contributed by atoms with Crippen LogP contribution in [0.3, 0.4) is 0 Å². The normalized spacial score (nSPS) is 12.9. The minimum Gasteiger partial charge on any atom is -0.434 e. The van der Waals surface area contributed by atoms with Crippen molar-refractivity contribution in [2.45, 2.75) is 19.3 Å². The van der Waals surface area contributed by atoms with E-state index in [1.807, 2.05) is 91.0 Å². The van der Waals surface area contributed by atoms with Gasteiger partial charge in [0.25, 0.3) is 0 Å². The fourth-order valence-corrected chi connectivity index (χ4v) is 10.1. The van der Waals surface area contributed by atoms with Crippen molar-refractivity contribution in [2.24, 2.45) is 0 Å². The summed E-state index contributed by atoms with van der Waals surface area (Å²) in [4.78, 5) is 22.4. The number of fused-ring (bicyclic) bond motifs is 7. The summed E-state index contributed by atoms with van der Waals surface area (Å²) < 4.78 is 9.08. The van der Waals surface area contributed by atoms with Crippen LogP contribution in [0.5, 0.6) is 0 Å². The van der Waals surface area contributed by atoms with E-state index >= 15 is 0 Å². The van der Waals surface area contributed by atoms with Gasteiger partial charge in [0.2, 0.25) is 5.89 Å². The summed E-state index contributed by atoms with van der Waals surface area (Å²) in [6, 6.07) is 76.3. The lowest BCUT2D eigenvalue weighted by Crippen LogP contribution is -2.30. The minimum absolute atomic E-state index is 0.235. The molecule has 0 unspecified atom stereocenters. The van der Waals surface area contributed by atoms with Gasteiger partial charge in [-0.15, -0.1) is 0 Å². The molecule has 0 saturated heterocycles. The maximum absolute atomic E-state index is 6.77. The van der Waals surface area contributed by atoms with Crippen molar-refractivity contribution in [1.29, 1.82) is 0 Å². The first-order valence-electron chi connectivity index (χ1n) is 23.0. The Balaban J connectivity index is 0.973. The zero-order valence-electron chi connectivity index (χ0n) is 37.4. The van der Waals surface area contributed by atoms with Crippen molar-refractivity contribution < 1.29 is 4.42 Å². The fraction of sp³-hybridized carbons (Fsp3) is 0.0492. The summed E-state index contributed by atoms with van der Waals surface area (Å²) in [6.45, 7) is 4.69. The van der Waals surface area contributed by atoms with Crippen molar-refractivity contribution in [3.63, 3.8) is 0 Å². The standard InChI is InChI=1S/C61H42N6O/c1-61(2)49-25-15-16-26-53(49)66(45-23-13-6-14-24-45)54-36-30-44(38-50(54)61)43-29-35-52-48(37-43)47-33-34-51-56(68-60(62-51)42-21-11-5-12-22-42)55(47)67(52)46-31-27-41(28-32-46)59-64-57(39-17-7-3-8-18-39)63-58(65-59)40-19-9-4-10-20-40/h3-38H,1-2H3. The quantitative estimate of drug-likeness (QED) is 0.159. The van der Waals surface area contributed by atoms with Crippen molar-refractivity contribution >= 4 is 50.0 Å². The molecule has 7 heteroatoms. The molecule has 1 aliphatic rings. The van der Waals surface area contributed by atoms with Crippen LogP contribution in [-0.2, 0) is 5.41 Å². The van der Waals surface area contributed by atoms with Gasteiger partial charge < -0.3 is 13.9 Å². The van der Waals surface area contributed by atoms with Crippen LogP contribution in [0.4, 0.5) is 17.1 Å². The van der Waals surface area contributed by atoms with E-state index in [0.717, 1.165) is 77.7 Å². The van der Waals surface area contributed by atoms with Gasteiger partial charge >= 0.3 is 0 Å². The molecule has 0 bridgehead atoms. The summed E-state index contributed by atoms with van der Waals surface area (Å²) in [6.07, 6.45) is 0. The molecular weight excluding hydrogens is 833 g/mol. The second-order valence-corrected chi connectivity index (χ2v) is 17.9. The minimum atomic E-state index is -0.235. The van der Waals surface area contributed by atoms with Crippen LogP contribution in [0.1, 0.15) is 25.0 Å². The molecule has 322 valence electrons. The van der Waals surface area contributed by atoms with E-state index in [2.05, 4.69) is 151 Å². The molecule has 7 nitrogen and oxygen atoms in total. The lowest BCUT2D eigenvalue weighted by molar-refractivity contribution is 0.621. The molecule has 68 heavy (non-hydrogen) atoms. The molecule has 0 N–H and O–H groups in total. The summed E-state index contributed by atoms with van der Waals surface area (Å²) in [5.74, 6) is 2.44. The number of aromatic nitrogens is 5. The molecule has 0 atom stereocenters. The molecule has 13 rings (SSSR count). The molecule has 0 spiro atoms. The molecule has 1 aliphatic heterocycles. The van der Waals surface area contributed by atoms with E-state index in [1.165, 1.54) is 22.5 Å². The van der Waals surface area contributed by atoms with Crippen LogP contribution in [0, 0.1) is 0 Å². The van der Waals surface area contributed by atoms with Gasteiger partial charge in [-0.3, -0.25) is 0 Å². The van der Waals surface area contributed by atoms with Gasteiger partial charge in [-0.25, -0.2) is 19.9 Å². The lowest BCUT2D eigenvalue weighted by Gasteiger charge is -2.42. The predicted octanol–water partition coefficient (Wildman–Crippen LogP) is 15.6.